The van der Waals surface area contributed by atoms with Gasteiger partial charge in [-0.3, -0.25) is 9.69 Å². The predicted octanol–water partition coefficient (Wildman–Crippen LogP) is 4.18. The van der Waals surface area contributed by atoms with E-state index in [2.05, 4.69) is 28.4 Å². The van der Waals surface area contributed by atoms with Gasteiger partial charge in [-0.2, -0.15) is 0 Å². The standard InChI is InChI=1S/C26H34ClN3O3S/c27-25-10-8-21(9-11-25)20-34(32,33)30-16-12-22(13-17-30)26(31)28-18-23-6-2-3-7-24(23)19-29-14-4-1-5-15-29/h2-3,6-11,22H,1,4-5,12-20H2,(H,28,31). The first-order chi connectivity index (χ1) is 16.4. The van der Waals surface area contributed by atoms with E-state index in [1.54, 1.807) is 24.3 Å². The molecule has 0 spiro atoms. The molecule has 8 heteroatoms. The Morgan fingerprint density at radius 3 is 2.24 bits per heavy atom. The molecule has 2 saturated heterocycles. The Kier molecular flexibility index (Phi) is 8.64. The summed E-state index contributed by atoms with van der Waals surface area (Å²) in [7, 11) is -3.42. The zero-order valence-corrected chi connectivity index (χ0v) is 21.2. The van der Waals surface area contributed by atoms with E-state index < -0.39 is 10.0 Å². The van der Waals surface area contributed by atoms with Crippen molar-refractivity contribution in [2.75, 3.05) is 26.2 Å². The lowest BCUT2D eigenvalue weighted by Gasteiger charge is -2.30. The molecule has 0 aromatic heterocycles. The van der Waals surface area contributed by atoms with Crippen molar-refractivity contribution in [2.45, 2.75) is 50.9 Å². The summed E-state index contributed by atoms with van der Waals surface area (Å²) in [4.78, 5) is 15.3. The predicted molar refractivity (Wildman–Crippen MR) is 136 cm³/mol. The molecule has 0 bridgehead atoms. The van der Waals surface area contributed by atoms with E-state index in [0.29, 0.717) is 43.1 Å². The second kappa shape index (κ2) is 11.7. The van der Waals surface area contributed by atoms with Crippen LogP contribution in [0.1, 0.15) is 48.8 Å². The van der Waals surface area contributed by atoms with Crippen molar-refractivity contribution in [1.82, 2.24) is 14.5 Å². The number of halogens is 1. The molecule has 0 saturated carbocycles. The van der Waals surface area contributed by atoms with Crippen LogP contribution in [-0.2, 0) is 33.7 Å². The van der Waals surface area contributed by atoms with Crippen molar-refractivity contribution < 1.29 is 13.2 Å². The molecule has 0 aliphatic carbocycles. The highest BCUT2D eigenvalue weighted by molar-refractivity contribution is 7.88. The maximum absolute atomic E-state index is 12.9. The van der Waals surface area contributed by atoms with Crippen molar-refractivity contribution >= 4 is 27.5 Å². The smallest absolute Gasteiger partial charge is 0.223 e. The number of hydrogen-bond donors (Lipinski definition) is 1. The summed E-state index contributed by atoms with van der Waals surface area (Å²) in [5.74, 6) is -0.187. The largest absolute Gasteiger partial charge is 0.352 e. The molecule has 4 rings (SSSR count). The highest BCUT2D eigenvalue weighted by atomic mass is 35.5. The second-order valence-corrected chi connectivity index (χ2v) is 11.8. The molecule has 2 aliphatic rings. The van der Waals surface area contributed by atoms with Gasteiger partial charge in [0.05, 0.1) is 5.75 Å². The Hall–Kier alpha value is -1.93. The minimum atomic E-state index is -3.42. The van der Waals surface area contributed by atoms with E-state index in [9.17, 15) is 13.2 Å². The van der Waals surface area contributed by atoms with Crippen LogP contribution in [0.2, 0.25) is 5.02 Å². The van der Waals surface area contributed by atoms with Crippen LogP contribution >= 0.6 is 11.6 Å². The summed E-state index contributed by atoms with van der Waals surface area (Å²) >= 11 is 5.89. The van der Waals surface area contributed by atoms with Crippen LogP contribution in [0.25, 0.3) is 0 Å². The van der Waals surface area contributed by atoms with Crippen LogP contribution in [0.4, 0.5) is 0 Å². The minimum absolute atomic E-state index is 0.0162. The molecular formula is C26H34ClN3O3S. The number of carbonyl (C=O) groups excluding carboxylic acids is 1. The maximum Gasteiger partial charge on any atom is 0.223 e. The van der Waals surface area contributed by atoms with Gasteiger partial charge in [-0.05, 0) is 67.6 Å². The lowest BCUT2D eigenvalue weighted by Crippen LogP contribution is -2.43. The molecule has 0 atom stereocenters. The average molecular weight is 504 g/mol. The highest BCUT2D eigenvalue weighted by Crippen LogP contribution is 2.23. The number of nitrogens with one attached hydrogen (secondary N) is 1. The molecule has 6 nitrogen and oxygen atoms in total. The number of sulfonamides is 1. The summed E-state index contributed by atoms with van der Waals surface area (Å²) in [6.07, 6.45) is 4.91. The third kappa shape index (κ3) is 6.81. The normalized spacial score (nSPS) is 18.6. The Balaban J connectivity index is 1.27. The summed E-state index contributed by atoms with van der Waals surface area (Å²) in [5.41, 5.74) is 3.14. The van der Waals surface area contributed by atoms with Crippen molar-refractivity contribution in [2.24, 2.45) is 5.92 Å². The zero-order valence-electron chi connectivity index (χ0n) is 19.6. The minimum Gasteiger partial charge on any atom is -0.352 e. The topological polar surface area (TPSA) is 69.7 Å². The Labute approximate surface area is 208 Å². The van der Waals surface area contributed by atoms with Crippen LogP contribution in [0.5, 0.6) is 0 Å². The first-order valence-corrected chi connectivity index (χ1v) is 14.2. The Morgan fingerprint density at radius 1 is 0.912 bits per heavy atom. The Morgan fingerprint density at radius 2 is 1.56 bits per heavy atom. The zero-order chi connectivity index (χ0) is 24.0. The van der Waals surface area contributed by atoms with E-state index >= 15 is 0 Å². The molecular weight excluding hydrogens is 470 g/mol. The van der Waals surface area contributed by atoms with Crippen LogP contribution in [-0.4, -0.2) is 49.7 Å². The third-order valence-corrected chi connectivity index (χ3v) is 9.00. The quantitative estimate of drug-likeness (QED) is 0.586. The number of amides is 1. The van der Waals surface area contributed by atoms with Crippen molar-refractivity contribution in [1.29, 1.82) is 0 Å². The van der Waals surface area contributed by atoms with Gasteiger partial charge in [-0.25, -0.2) is 12.7 Å². The fourth-order valence-corrected chi connectivity index (χ4v) is 6.54. The molecule has 0 radical (unpaired) electrons. The highest BCUT2D eigenvalue weighted by Gasteiger charge is 2.31. The first-order valence-electron chi connectivity index (χ1n) is 12.2. The van der Waals surface area contributed by atoms with Gasteiger partial charge in [0.15, 0.2) is 0 Å². The van der Waals surface area contributed by atoms with Crippen molar-refractivity contribution in [3.8, 4) is 0 Å². The maximum atomic E-state index is 12.9. The van der Waals surface area contributed by atoms with Gasteiger partial charge >= 0.3 is 0 Å². The number of rotatable bonds is 8. The van der Waals surface area contributed by atoms with Gasteiger partial charge in [0.25, 0.3) is 0 Å². The first kappa shape index (κ1) is 25.2. The summed E-state index contributed by atoms with van der Waals surface area (Å²) in [6, 6.07) is 15.2. The van der Waals surface area contributed by atoms with Crippen LogP contribution in [0.3, 0.4) is 0 Å². The molecule has 2 heterocycles. The van der Waals surface area contributed by atoms with E-state index in [4.69, 9.17) is 11.6 Å². The number of benzene rings is 2. The molecule has 1 N–H and O–H groups in total. The molecule has 2 aromatic rings. The Bertz CT molecular complexity index is 1060. The summed E-state index contributed by atoms with van der Waals surface area (Å²) < 4.78 is 27.1. The lowest BCUT2D eigenvalue weighted by atomic mass is 9.97. The van der Waals surface area contributed by atoms with Crippen molar-refractivity contribution in [3.05, 3.63) is 70.2 Å². The number of carbonyl (C=O) groups is 1. The van der Waals surface area contributed by atoms with Gasteiger partial charge in [-0.1, -0.05) is 54.4 Å². The fourth-order valence-electron chi connectivity index (χ4n) is 4.85. The van der Waals surface area contributed by atoms with Gasteiger partial charge in [0, 0.05) is 37.1 Å². The number of piperidine rings is 2. The lowest BCUT2D eigenvalue weighted by molar-refractivity contribution is -0.126. The van der Waals surface area contributed by atoms with E-state index in [-0.39, 0.29) is 17.6 Å². The van der Waals surface area contributed by atoms with Gasteiger partial charge in [0.2, 0.25) is 15.9 Å². The van der Waals surface area contributed by atoms with E-state index in [1.165, 1.54) is 29.1 Å². The number of likely N-dealkylation sites (tertiary alicyclic amines) is 1. The summed E-state index contributed by atoms with van der Waals surface area (Å²) in [5, 5.41) is 3.69. The second-order valence-electron chi connectivity index (χ2n) is 9.38. The fraction of sp³-hybridized carbons (Fsp3) is 0.500. The number of hydrogen-bond acceptors (Lipinski definition) is 4. The third-order valence-electron chi connectivity index (χ3n) is 6.89. The summed E-state index contributed by atoms with van der Waals surface area (Å²) in [6.45, 7) is 4.47. The van der Waals surface area contributed by atoms with E-state index in [0.717, 1.165) is 25.2 Å². The molecule has 2 aromatic carbocycles. The van der Waals surface area contributed by atoms with E-state index in [1.807, 2.05) is 6.07 Å². The number of nitrogens with zero attached hydrogens (tertiary/aromatic N) is 2. The monoisotopic (exact) mass is 503 g/mol. The van der Waals surface area contributed by atoms with Gasteiger partial charge in [-0.15, -0.1) is 0 Å². The molecule has 0 unspecified atom stereocenters. The SMILES string of the molecule is O=C(NCc1ccccc1CN1CCCCC1)C1CCN(S(=O)(=O)Cc2ccc(Cl)cc2)CC1. The van der Waals surface area contributed by atoms with Crippen molar-refractivity contribution in [3.63, 3.8) is 0 Å². The van der Waals surface area contributed by atoms with Gasteiger partial charge < -0.3 is 5.32 Å². The average Bonchev–Trinajstić information content (AvgIpc) is 2.85. The molecule has 2 aliphatic heterocycles. The van der Waals surface area contributed by atoms with Crippen LogP contribution < -0.4 is 5.32 Å². The molecule has 2 fully saturated rings. The van der Waals surface area contributed by atoms with Crippen LogP contribution in [0, 0.1) is 5.92 Å². The molecule has 184 valence electrons. The van der Waals surface area contributed by atoms with Crippen LogP contribution in [0.15, 0.2) is 48.5 Å². The molecule has 34 heavy (non-hydrogen) atoms. The molecule has 1 amide bonds. The van der Waals surface area contributed by atoms with Gasteiger partial charge in [0.1, 0.15) is 0 Å².